The highest BCUT2D eigenvalue weighted by molar-refractivity contribution is 6.46. The number of carbonyl (C=O) groups excluding carboxylic acids is 4. The van der Waals surface area contributed by atoms with E-state index in [4.69, 9.17) is 4.74 Å². The van der Waals surface area contributed by atoms with Gasteiger partial charge >= 0.3 is 6.03 Å². The number of nitrogens with zero attached hydrogens (tertiary/aromatic N) is 2. The van der Waals surface area contributed by atoms with E-state index >= 15 is 0 Å². The second-order valence-corrected chi connectivity index (χ2v) is 9.03. The van der Waals surface area contributed by atoms with Crippen molar-refractivity contribution in [3.05, 3.63) is 126 Å². The van der Waals surface area contributed by atoms with Gasteiger partial charge < -0.3 is 10.1 Å². The molecule has 0 spiro atoms. The van der Waals surface area contributed by atoms with Crippen molar-refractivity contribution in [2.45, 2.75) is 6.92 Å². The molecule has 0 bridgehead atoms. The molecule has 0 aromatic heterocycles. The molecular weight excluding hydrogens is 506 g/mol. The number of rotatable bonds is 7. The Balaban J connectivity index is 1.46. The summed E-state index contributed by atoms with van der Waals surface area (Å²) in [6.07, 6.45) is 1.39. The van der Waals surface area contributed by atoms with Crippen molar-refractivity contribution < 1.29 is 23.9 Å². The Morgan fingerprint density at radius 3 is 1.82 bits per heavy atom. The number of barbiturate groups is 1. The number of urea groups is 1. The molecule has 1 aliphatic heterocycles. The third-order valence-corrected chi connectivity index (χ3v) is 6.19. The lowest BCUT2D eigenvalue weighted by Crippen LogP contribution is -2.57. The summed E-state index contributed by atoms with van der Waals surface area (Å²) in [5.41, 5.74) is 2.54. The molecule has 0 radical (unpaired) electrons. The molecule has 1 aliphatic rings. The number of carbonyl (C=O) groups is 4. The van der Waals surface area contributed by atoms with E-state index in [1.165, 1.54) is 6.08 Å². The van der Waals surface area contributed by atoms with Gasteiger partial charge in [-0.25, -0.2) is 14.6 Å². The fraction of sp³-hybridized carbons (Fsp3) is 0.0625. The quantitative estimate of drug-likeness (QED) is 0.248. The minimum atomic E-state index is -0.776. The van der Waals surface area contributed by atoms with E-state index in [2.05, 4.69) is 5.32 Å². The minimum Gasteiger partial charge on any atom is -0.483 e. The largest absolute Gasteiger partial charge is 0.483 e. The van der Waals surface area contributed by atoms with Crippen molar-refractivity contribution in [3.63, 3.8) is 0 Å². The SMILES string of the molecule is Cc1ccc(NC(=O)COc2ccccc2C=C2C(=O)N(c3ccccc3)C(=O)N(c3ccccc3)C2=O)cc1. The molecule has 4 aromatic rings. The molecule has 4 aromatic carbocycles. The van der Waals surface area contributed by atoms with Gasteiger partial charge in [0.2, 0.25) is 0 Å². The van der Waals surface area contributed by atoms with Gasteiger partial charge in [-0.3, -0.25) is 14.4 Å². The normalized spacial score (nSPS) is 13.3. The maximum atomic E-state index is 13.6. The second kappa shape index (κ2) is 11.5. The van der Waals surface area contributed by atoms with Crippen LogP contribution in [0.4, 0.5) is 21.9 Å². The van der Waals surface area contributed by atoms with Gasteiger partial charge in [0.25, 0.3) is 17.7 Å². The Morgan fingerprint density at radius 1 is 0.725 bits per heavy atom. The zero-order valence-corrected chi connectivity index (χ0v) is 21.6. The smallest absolute Gasteiger partial charge is 0.343 e. The second-order valence-electron chi connectivity index (χ2n) is 9.03. The zero-order chi connectivity index (χ0) is 28.1. The molecule has 198 valence electrons. The van der Waals surface area contributed by atoms with Crippen molar-refractivity contribution >= 4 is 46.9 Å². The summed E-state index contributed by atoms with van der Waals surface area (Å²) in [5.74, 6) is -1.60. The Hall–Kier alpha value is -5.50. The molecule has 1 N–H and O–H groups in total. The van der Waals surface area contributed by atoms with E-state index in [9.17, 15) is 19.2 Å². The van der Waals surface area contributed by atoms with Gasteiger partial charge in [-0.05, 0) is 55.5 Å². The number of imide groups is 2. The van der Waals surface area contributed by atoms with Gasteiger partial charge in [-0.1, -0.05) is 72.3 Å². The lowest BCUT2D eigenvalue weighted by Gasteiger charge is -2.34. The molecule has 0 saturated carbocycles. The van der Waals surface area contributed by atoms with Crippen LogP contribution in [0.3, 0.4) is 0 Å². The van der Waals surface area contributed by atoms with Crippen molar-refractivity contribution in [3.8, 4) is 5.75 Å². The van der Waals surface area contributed by atoms with Crippen molar-refractivity contribution in [1.82, 2.24) is 0 Å². The van der Waals surface area contributed by atoms with E-state index in [1.54, 1.807) is 97.1 Å². The highest BCUT2D eigenvalue weighted by Crippen LogP contribution is 2.31. The number of para-hydroxylation sites is 3. The fourth-order valence-corrected chi connectivity index (χ4v) is 4.20. The molecule has 1 heterocycles. The van der Waals surface area contributed by atoms with Crippen LogP contribution < -0.4 is 19.9 Å². The van der Waals surface area contributed by atoms with Gasteiger partial charge in [0.05, 0.1) is 11.4 Å². The van der Waals surface area contributed by atoms with Crippen molar-refractivity contribution in [2.75, 3.05) is 21.7 Å². The van der Waals surface area contributed by atoms with E-state index in [-0.39, 0.29) is 18.1 Å². The molecule has 8 nitrogen and oxygen atoms in total. The standard InChI is InChI=1S/C32H25N3O5/c1-22-16-18-24(19-17-22)33-29(36)21-40-28-15-9-8-10-23(28)20-27-30(37)34(25-11-4-2-5-12-25)32(39)35(31(27)38)26-13-6-3-7-14-26/h2-20H,21H2,1H3,(H,33,36). The molecule has 1 saturated heterocycles. The third-order valence-electron chi connectivity index (χ3n) is 6.19. The van der Waals surface area contributed by atoms with Gasteiger partial charge in [-0.2, -0.15) is 0 Å². The van der Waals surface area contributed by atoms with E-state index in [0.29, 0.717) is 28.4 Å². The van der Waals surface area contributed by atoms with Crippen LogP contribution in [0, 0.1) is 6.92 Å². The predicted octanol–water partition coefficient (Wildman–Crippen LogP) is 5.60. The lowest BCUT2D eigenvalue weighted by molar-refractivity contribution is -0.121. The number of amides is 5. The zero-order valence-electron chi connectivity index (χ0n) is 21.6. The molecule has 0 aliphatic carbocycles. The van der Waals surface area contributed by atoms with Gasteiger partial charge in [0.15, 0.2) is 6.61 Å². The third kappa shape index (κ3) is 5.51. The maximum absolute atomic E-state index is 13.6. The Labute approximate surface area is 231 Å². The molecule has 0 unspecified atom stereocenters. The van der Waals surface area contributed by atoms with Crippen LogP contribution in [-0.4, -0.2) is 30.4 Å². The van der Waals surface area contributed by atoms with Crippen LogP contribution in [0.25, 0.3) is 6.08 Å². The van der Waals surface area contributed by atoms with Crippen LogP contribution in [0.5, 0.6) is 5.75 Å². The lowest BCUT2D eigenvalue weighted by atomic mass is 10.0. The van der Waals surface area contributed by atoms with Crippen molar-refractivity contribution in [1.29, 1.82) is 0 Å². The highest BCUT2D eigenvalue weighted by Gasteiger charge is 2.43. The van der Waals surface area contributed by atoms with Gasteiger partial charge in [0.1, 0.15) is 11.3 Å². The first kappa shape index (κ1) is 26.1. The number of ether oxygens (including phenoxy) is 1. The van der Waals surface area contributed by atoms with Crippen LogP contribution in [0.15, 0.2) is 115 Å². The van der Waals surface area contributed by atoms with Crippen LogP contribution in [-0.2, 0) is 14.4 Å². The average molecular weight is 532 g/mol. The summed E-state index contributed by atoms with van der Waals surface area (Å²) in [7, 11) is 0. The number of benzene rings is 4. The molecule has 5 rings (SSSR count). The molecule has 0 atom stereocenters. The summed E-state index contributed by atoms with van der Waals surface area (Å²) in [5, 5.41) is 2.77. The predicted molar refractivity (Wildman–Crippen MR) is 153 cm³/mol. The summed E-state index contributed by atoms with van der Waals surface area (Å²) in [6.45, 7) is 1.66. The monoisotopic (exact) mass is 531 g/mol. The topological polar surface area (TPSA) is 96.0 Å². The fourth-order valence-electron chi connectivity index (χ4n) is 4.20. The summed E-state index contributed by atoms with van der Waals surface area (Å²) in [4.78, 5) is 55.1. The number of aryl methyl sites for hydroxylation is 1. The average Bonchev–Trinajstić information content (AvgIpc) is 2.97. The van der Waals surface area contributed by atoms with Crippen LogP contribution in [0.2, 0.25) is 0 Å². The van der Waals surface area contributed by atoms with Gasteiger partial charge in [0, 0.05) is 11.3 Å². The minimum absolute atomic E-state index is 0.229. The van der Waals surface area contributed by atoms with E-state index < -0.39 is 17.8 Å². The Morgan fingerprint density at radius 2 is 1.25 bits per heavy atom. The number of hydrogen-bond donors (Lipinski definition) is 1. The molecule has 1 fully saturated rings. The number of hydrogen-bond acceptors (Lipinski definition) is 5. The molecule has 40 heavy (non-hydrogen) atoms. The van der Waals surface area contributed by atoms with E-state index in [1.807, 2.05) is 19.1 Å². The summed E-state index contributed by atoms with van der Waals surface area (Å²) >= 11 is 0. The van der Waals surface area contributed by atoms with Crippen LogP contribution >= 0.6 is 0 Å². The molecular formula is C32H25N3O5. The highest BCUT2D eigenvalue weighted by atomic mass is 16.5. The maximum Gasteiger partial charge on any atom is 0.343 e. The van der Waals surface area contributed by atoms with E-state index in [0.717, 1.165) is 15.4 Å². The summed E-state index contributed by atoms with van der Waals surface area (Å²) in [6, 6.07) is 30.2. The van der Waals surface area contributed by atoms with Crippen LogP contribution in [0.1, 0.15) is 11.1 Å². The van der Waals surface area contributed by atoms with Gasteiger partial charge in [-0.15, -0.1) is 0 Å². The number of nitrogens with one attached hydrogen (secondary N) is 1. The first-order valence-corrected chi connectivity index (χ1v) is 12.6. The molecule has 8 heteroatoms. The van der Waals surface area contributed by atoms with Crippen molar-refractivity contribution in [2.24, 2.45) is 0 Å². The number of anilines is 3. The first-order chi connectivity index (χ1) is 19.4. The first-order valence-electron chi connectivity index (χ1n) is 12.6. The Bertz CT molecular complexity index is 1540. The molecule has 5 amide bonds. The Kier molecular flexibility index (Phi) is 7.50. The summed E-state index contributed by atoms with van der Waals surface area (Å²) < 4.78 is 5.78.